The van der Waals surface area contributed by atoms with E-state index in [1.165, 1.54) is 0 Å². The van der Waals surface area contributed by atoms with Crippen LogP contribution in [-0.4, -0.2) is 11.0 Å². The van der Waals surface area contributed by atoms with E-state index in [-0.39, 0.29) is 6.04 Å². The third-order valence-electron chi connectivity index (χ3n) is 3.65. The minimum absolute atomic E-state index is 0.127. The minimum Gasteiger partial charge on any atom is -0.383 e. The highest BCUT2D eigenvalue weighted by Gasteiger charge is 2.27. The van der Waals surface area contributed by atoms with Crippen molar-refractivity contribution in [1.29, 1.82) is 5.26 Å². The number of anilines is 1. The van der Waals surface area contributed by atoms with Gasteiger partial charge in [-0.05, 0) is 30.4 Å². The van der Waals surface area contributed by atoms with Gasteiger partial charge >= 0.3 is 0 Å². The van der Waals surface area contributed by atoms with Crippen LogP contribution >= 0.6 is 0 Å². The van der Waals surface area contributed by atoms with Crippen LogP contribution in [0, 0.1) is 11.3 Å². The lowest BCUT2D eigenvalue weighted by Gasteiger charge is -2.16. The second-order valence-electron chi connectivity index (χ2n) is 5.35. The van der Waals surface area contributed by atoms with Gasteiger partial charge < -0.3 is 5.73 Å². The Morgan fingerprint density at radius 2 is 2.26 bits per heavy atom. The molecule has 0 aromatic carbocycles. The highest BCUT2D eigenvalue weighted by Crippen LogP contribution is 2.30. The maximum atomic E-state index is 9.29. The van der Waals surface area contributed by atoms with Gasteiger partial charge in [0.2, 0.25) is 0 Å². The molecule has 1 aliphatic rings. The summed E-state index contributed by atoms with van der Waals surface area (Å²) in [6.07, 6.45) is 2.02. The van der Waals surface area contributed by atoms with Crippen LogP contribution in [-0.2, 0) is 0 Å². The van der Waals surface area contributed by atoms with E-state index in [1.54, 1.807) is 0 Å². The molecule has 1 aromatic rings. The number of nitrogen functional groups attached to an aromatic ring is 1. The second-order valence-corrected chi connectivity index (χ2v) is 5.35. The molecule has 2 atom stereocenters. The van der Waals surface area contributed by atoms with Crippen molar-refractivity contribution in [2.75, 3.05) is 5.73 Å². The molecule has 0 saturated carbocycles. The topological polar surface area (TPSA) is 86.8 Å². The number of hydrazine groups is 1. The molecule has 0 amide bonds. The average Bonchev–Trinajstić information content (AvgIpc) is 2.86. The molecule has 102 valence electrons. The maximum Gasteiger partial charge on any atom is 0.141 e. The maximum absolute atomic E-state index is 9.29. The van der Waals surface area contributed by atoms with Crippen LogP contribution in [0.15, 0.2) is 6.07 Å². The monoisotopic (exact) mass is 259 g/mol. The van der Waals surface area contributed by atoms with E-state index >= 15 is 0 Å². The summed E-state index contributed by atoms with van der Waals surface area (Å²) in [5.74, 6) is 0.635. The van der Waals surface area contributed by atoms with Crippen LogP contribution in [0.4, 0.5) is 5.82 Å². The summed E-state index contributed by atoms with van der Waals surface area (Å²) in [7, 11) is 0. The number of pyridine rings is 1. The van der Waals surface area contributed by atoms with E-state index in [2.05, 4.69) is 42.7 Å². The van der Waals surface area contributed by atoms with Gasteiger partial charge in [0.25, 0.3) is 0 Å². The summed E-state index contributed by atoms with van der Waals surface area (Å²) in [5.41, 5.74) is 14.8. The Hall–Kier alpha value is -1.64. The van der Waals surface area contributed by atoms with Crippen LogP contribution in [0.25, 0.3) is 0 Å². The molecular weight excluding hydrogens is 238 g/mol. The van der Waals surface area contributed by atoms with Gasteiger partial charge in [0.15, 0.2) is 0 Å². The third kappa shape index (κ3) is 2.70. The van der Waals surface area contributed by atoms with Gasteiger partial charge in [0, 0.05) is 17.8 Å². The fraction of sp³-hybridized carbons (Fsp3) is 0.571. The summed E-state index contributed by atoms with van der Waals surface area (Å²) < 4.78 is 0. The first-order chi connectivity index (χ1) is 9.06. The second kappa shape index (κ2) is 5.55. The van der Waals surface area contributed by atoms with E-state index in [9.17, 15) is 5.26 Å². The Morgan fingerprint density at radius 3 is 2.79 bits per heavy atom. The smallest absolute Gasteiger partial charge is 0.141 e. The summed E-state index contributed by atoms with van der Waals surface area (Å²) in [4.78, 5) is 4.32. The number of nitrogens with two attached hydrogens (primary N) is 1. The molecule has 0 aliphatic carbocycles. The molecule has 1 fully saturated rings. The van der Waals surface area contributed by atoms with Crippen molar-refractivity contribution in [3.05, 3.63) is 22.9 Å². The highest BCUT2D eigenvalue weighted by molar-refractivity contribution is 5.55. The van der Waals surface area contributed by atoms with Gasteiger partial charge in [0.05, 0.1) is 5.56 Å². The normalized spacial score (nSPS) is 22.7. The van der Waals surface area contributed by atoms with Gasteiger partial charge in [0.1, 0.15) is 11.9 Å². The molecule has 1 aliphatic heterocycles. The summed E-state index contributed by atoms with van der Waals surface area (Å²) in [6, 6.07) is 4.76. The van der Waals surface area contributed by atoms with Crippen molar-refractivity contribution < 1.29 is 0 Å². The largest absolute Gasteiger partial charge is 0.383 e. The highest BCUT2D eigenvalue weighted by atomic mass is 15.4. The zero-order valence-corrected chi connectivity index (χ0v) is 11.7. The predicted molar refractivity (Wildman–Crippen MR) is 75.2 cm³/mol. The first-order valence-corrected chi connectivity index (χ1v) is 6.78. The zero-order chi connectivity index (χ0) is 14.0. The SMILES string of the molecule is CCC1CC(c2cc(C(C)C)nc(N)c2C#N)NN1. The molecule has 2 heterocycles. The molecule has 5 heteroatoms. The number of nitriles is 1. The van der Waals surface area contributed by atoms with E-state index in [0.717, 1.165) is 24.1 Å². The fourth-order valence-corrected chi connectivity index (χ4v) is 2.39. The number of aromatic nitrogens is 1. The predicted octanol–water partition coefficient (Wildman–Crippen LogP) is 1.98. The van der Waals surface area contributed by atoms with E-state index in [1.807, 2.05) is 6.07 Å². The first kappa shape index (κ1) is 13.8. The fourth-order valence-electron chi connectivity index (χ4n) is 2.39. The lowest BCUT2D eigenvalue weighted by molar-refractivity contribution is 0.532. The van der Waals surface area contributed by atoms with Crippen molar-refractivity contribution in [3.8, 4) is 6.07 Å². The number of rotatable bonds is 3. The average molecular weight is 259 g/mol. The van der Waals surface area contributed by atoms with Crippen LogP contribution in [0.3, 0.4) is 0 Å². The molecule has 2 rings (SSSR count). The van der Waals surface area contributed by atoms with Crippen LogP contribution in [0.1, 0.15) is 62.4 Å². The minimum atomic E-state index is 0.127. The van der Waals surface area contributed by atoms with Crippen molar-refractivity contribution in [3.63, 3.8) is 0 Å². The van der Waals surface area contributed by atoms with Crippen molar-refractivity contribution in [1.82, 2.24) is 15.8 Å². The Kier molecular flexibility index (Phi) is 4.03. The molecule has 1 aromatic heterocycles. The number of nitrogens with one attached hydrogen (secondary N) is 2. The van der Waals surface area contributed by atoms with E-state index in [4.69, 9.17) is 5.73 Å². The van der Waals surface area contributed by atoms with Crippen molar-refractivity contribution >= 4 is 5.82 Å². The quantitative estimate of drug-likeness (QED) is 0.772. The zero-order valence-electron chi connectivity index (χ0n) is 11.7. The summed E-state index contributed by atoms with van der Waals surface area (Å²) in [5, 5.41) is 9.29. The molecular formula is C14H21N5. The van der Waals surface area contributed by atoms with Gasteiger partial charge in [-0.2, -0.15) is 5.26 Å². The Bertz CT molecular complexity index is 503. The summed E-state index contributed by atoms with van der Waals surface area (Å²) >= 11 is 0. The lowest BCUT2D eigenvalue weighted by Crippen LogP contribution is -2.30. The van der Waals surface area contributed by atoms with Gasteiger partial charge in [-0.25, -0.2) is 10.4 Å². The van der Waals surface area contributed by atoms with Gasteiger partial charge in [-0.15, -0.1) is 0 Å². The summed E-state index contributed by atoms with van der Waals surface area (Å²) in [6.45, 7) is 6.30. The molecule has 0 spiro atoms. The number of hydrogen-bond acceptors (Lipinski definition) is 5. The molecule has 0 bridgehead atoms. The van der Waals surface area contributed by atoms with Crippen LogP contribution in [0.5, 0.6) is 0 Å². The first-order valence-electron chi connectivity index (χ1n) is 6.78. The van der Waals surface area contributed by atoms with Crippen LogP contribution < -0.4 is 16.6 Å². The van der Waals surface area contributed by atoms with E-state index < -0.39 is 0 Å². The molecule has 2 unspecified atom stereocenters. The molecule has 5 nitrogen and oxygen atoms in total. The molecule has 0 radical (unpaired) electrons. The van der Waals surface area contributed by atoms with Crippen LogP contribution in [0.2, 0.25) is 0 Å². The Balaban J connectivity index is 2.41. The third-order valence-corrected chi connectivity index (χ3v) is 3.65. The molecule has 1 saturated heterocycles. The van der Waals surface area contributed by atoms with Crippen molar-refractivity contribution in [2.45, 2.75) is 51.6 Å². The van der Waals surface area contributed by atoms with Gasteiger partial charge in [-0.1, -0.05) is 20.8 Å². The standard InChI is InChI=1S/C14H21N5/c1-4-9-5-13(19-18-9)10-6-12(8(2)3)17-14(16)11(10)7-15/h6,8-9,13,18-19H,4-5H2,1-3H3,(H2,16,17). The molecule has 4 N–H and O–H groups in total. The Labute approximate surface area is 114 Å². The van der Waals surface area contributed by atoms with Crippen molar-refractivity contribution in [2.24, 2.45) is 0 Å². The van der Waals surface area contributed by atoms with Gasteiger partial charge in [-0.3, -0.25) is 5.43 Å². The Morgan fingerprint density at radius 1 is 1.53 bits per heavy atom. The molecule has 19 heavy (non-hydrogen) atoms. The van der Waals surface area contributed by atoms with E-state index in [0.29, 0.717) is 23.3 Å². The number of nitrogens with zero attached hydrogens (tertiary/aromatic N) is 2. The number of hydrogen-bond donors (Lipinski definition) is 3. The lowest BCUT2D eigenvalue weighted by atomic mass is 9.95.